The Morgan fingerprint density at radius 3 is 2.12 bits per heavy atom. The largest absolute Gasteiger partial charge is 0.468 e. The zero-order valence-electron chi connectivity index (χ0n) is 12.9. The first kappa shape index (κ1) is 17.3. The molecule has 0 radical (unpaired) electrons. The van der Waals surface area contributed by atoms with E-state index in [9.17, 15) is 13.7 Å². The summed E-state index contributed by atoms with van der Waals surface area (Å²) in [7, 11) is -4.01. The third-order valence-corrected chi connectivity index (χ3v) is 5.57. The van der Waals surface area contributed by atoms with Crippen molar-refractivity contribution in [3.05, 3.63) is 77.1 Å². The third kappa shape index (κ3) is 3.77. The molecule has 0 aliphatic rings. The van der Waals surface area contributed by atoms with Crippen LogP contribution in [0.3, 0.4) is 0 Å². The lowest BCUT2D eigenvalue weighted by Gasteiger charge is -2.21. The van der Waals surface area contributed by atoms with Gasteiger partial charge in [-0.15, -0.1) is 0 Å². The molecular weight excluding hydrogens is 364 g/mol. The fourth-order valence-electron chi connectivity index (χ4n) is 2.32. The van der Waals surface area contributed by atoms with Crippen LogP contribution in [0, 0.1) is 11.3 Å². The molecule has 0 unspecified atom stereocenters. The Hall–Kier alpha value is -2.53. The Labute approximate surface area is 149 Å². The molecule has 2 aromatic heterocycles. The van der Waals surface area contributed by atoms with Crippen molar-refractivity contribution in [3.8, 4) is 6.07 Å². The number of furan rings is 2. The number of rotatable bonds is 6. The second-order valence-electron chi connectivity index (χ2n) is 5.18. The molecule has 8 heteroatoms. The number of benzene rings is 1. The maximum atomic E-state index is 13.1. The number of nitriles is 1. The van der Waals surface area contributed by atoms with E-state index < -0.39 is 10.0 Å². The van der Waals surface area contributed by atoms with E-state index in [1.807, 2.05) is 6.07 Å². The Morgan fingerprint density at radius 1 is 1.04 bits per heavy atom. The molecule has 3 aromatic rings. The van der Waals surface area contributed by atoms with E-state index in [2.05, 4.69) is 0 Å². The van der Waals surface area contributed by atoms with Crippen molar-refractivity contribution in [1.29, 1.82) is 5.26 Å². The number of hydrogen-bond donors (Lipinski definition) is 0. The van der Waals surface area contributed by atoms with Gasteiger partial charge >= 0.3 is 0 Å². The Bertz CT molecular complexity index is 954. The maximum absolute atomic E-state index is 13.1. The maximum Gasteiger partial charge on any atom is 0.245 e. The van der Waals surface area contributed by atoms with Gasteiger partial charge in [0.15, 0.2) is 0 Å². The van der Waals surface area contributed by atoms with Crippen molar-refractivity contribution in [2.24, 2.45) is 0 Å². The van der Waals surface area contributed by atoms with Crippen LogP contribution in [0.2, 0.25) is 5.02 Å². The minimum Gasteiger partial charge on any atom is -0.468 e. The van der Waals surface area contributed by atoms with Gasteiger partial charge in [-0.25, -0.2) is 8.42 Å². The van der Waals surface area contributed by atoms with Gasteiger partial charge in [0.05, 0.1) is 31.2 Å². The highest BCUT2D eigenvalue weighted by molar-refractivity contribution is 7.89. The van der Waals surface area contributed by atoms with Gasteiger partial charge in [-0.1, -0.05) is 11.6 Å². The second-order valence-corrected chi connectivity index (χ2v) is 7.53. The van der Waals surface area contributed by atoms with Crippen LogP contribution in [0.4, 0.5) is 0 Å². The van der Waals surface area contributed by atoms with Crippen LogP contribution in [-0.4, -0.2) is 12.7 Å². The van der Waals surface area contributed by atoms with E-state index in [0.717, 1.165) is 0 Å². The predicted molar refractivity (Wildman–Crippen MR) is 90.0 cm³/mol. The van der Waals surface area contributed by atoms with Crippen LogP contribution in [0.1, 0.15) is 17.1 Å². The molecule has 0 bridgehead atoms. The van der Waals surface area contributed by atoms with Gasteiger partial charge in [0.2, 0.25) is 10.0 Å². The topological polar surface area (TPSA) is 87.5 Å². The van der Waals surface area contributed by atoms with E-state index in [1.165, 1.54) is 35.0 Å². The van der Waals surface area contributed by atoms with Crippen LogP contribution in [-0.2, 0) is 23.1 Å². The smallest absolute Gasteiger partial charge is 0.245 e. The summed E-state index contributed by atoms with van der Waals surface area (Å²) in [6, 6.07) is 12.7. The molecule has 3 rings (SSSR count). The van der Waals surface area contributed by atoms with Gasteiger partial charge < -0.3 is 8.83 Å². The minimum absolute atomic E-state index is 0.00653. The molecule has 0 aliphatic carbocycles. The standard InChI is InChI=1S/C17H13ClN2O4S/c18-14-6-5-13(10-19)17(9-14)25(21,22)20(11-15-3-1-7-23-15)12-16-4-2-8-24-16/h1-9H,11-12H2. The first-order chi connectivity index (χ1) is 12.0. The van der Waals surface area contributed by atoms with Gasteiger partial charge in [-0.2, -0.15) is 9.57 Å². The number of sulfonamides is 1. The van der Waals surface area contributed by atoms with Crippen LogP contribution >= 0.6 is 11.6 Å². The van der Waals surface area contributed by atoms with Gasteiger partial charge in [-0.3, -0.25) is 0 Å². The summed E-state index contributed by atoms with van der Waals surface area (Å²) < 4.78 is 38.0. The monoisotopic (exact) mass is 376 g/mol. The molecule has 0 amide bonds. The van der Waals surface area contributed by atoms with E-state index in [1.54, 1.807) is 24.3 Å². The lowest BCUT2D eigenvalue weighted by Crippen LogP contribution is -2.30. The third-order valence-electron chi connectivity index (χ3n) is 3.51. The molecule has 128 valence electrons. The lowest BCUT2D eigenvalue weighted by molar-refractivity contribution is 0.330. The lowest BCUT2D eigenvalue weighted by atomic mass is 10.2. The molecule has 0 spiro atoms. The molecule has 0 aliphatic heterocycles. The molecule has 25 heavy (non-hydrogen) atoms. The fraction of sp³-hybridized carbons (Fsp3) is 0.118. The highest BCUT2D eigenvalue weighted by Crippen LogP contribution is 2.26. The quantitative estimate of drug-likeness (QED) is 0.653. The van der Waals surface area contributed by atoms with Gasteiger partial charge in [0, 0.05) is 5.02 Å². The Balaban J connectivity index is 2.04. The van der Waals surface area contributed by atoms with Crippen LogP contribution in [0.15, 0.2) is 68.7 Å². The van der Waals surface area contributed by atoms with E-state index in [4.69, 9.17) is 20.4 Å². The molecule has 6 nitrogen and oxygen atoms in total. The van der Waals surface area contributed by atoms with Crippen molar-refractivity contribution in [1.82, 2.24) is 4.31 Å². The minimum atomic E-state index is -4.01. The molecule has 0 atom stereocenters. The fourth-order valence-corrected chi connectivity index (χ4v) is 4.10. The Kier molecular flexibility index (Phi) is 4.95. The van der Waals surface area contributed by atoms with Crippen LogP contribution in [0.5, 0.6) is 0 Å². The summed E-state index contributed by atoms with van der Waals surface area (Å²) in [6.45, 7) is -0.0131. The highest BCUT2D eigenvalue weighted by atomic mass is 35.5. The SMILES string of the molecule is N#Cc1ccc(Cl)cc1S(=O)(=O)N(Cc1ccco1)Cc1ccco1. The first-order valence-electron chi connectivity index (χ1n) is 7.25. The number of halogens is 1. The zero-order valence-corrected chi connectivity index (χ0v) is 14.5. The summed E-state index contributed by atoms with van der Waals surface area (Å²) in [5.74, 6) is 0.936. The van der Waals surface area contributed by atoms with Crippen LogP contribution < -0.4 is 0 Å². The molecule has 1 aromatic carbocycles. The second kappa shape index (κ2) is 7.15. The van der Waals surface area contributed by atoms with Crippen molar-refractivity contribution >= 4 is 21.6 Å². The molecule has 0 fully saturated rings. The Morgan fingerprint density at radius 2 is 1.64 bits per heavy atom. The predicted octanol–water partition coefficient (Wildman–Crippen LogP) is 3.79. The average molecular weight is 377 g/mol. The van der Waals surface area contributed by atoms with Gasteiger partial charge in [0.1, 0.15) is 22.5 Å². The summed E-state index contributed by atoms with van der Waals surface area (Å²) >= 11 is 5.94. The average Bonchev–Trinajstić information content (AvgIpc) is 3.28. The molecular formula is C17H13ClN2O4S. The first-order valence-corrected chi connectivity index (χ1v) is 9.07. The molecule has 0 N–H and O–H groups in total. The van der Waals surface area contributed by atoms with Crippen molar-refractivity contribution in [2.75, 3.05) is 0 Å². The van der Waals surface area contributed by atoms with E-state index in [0.29, 0.717) is 11.5 Å². The zero-order chi connectivity index (χ0) is 17.9. The molecule has 2 heterocycles. The summed E-state index contributed by atoms with van der Waals surface area (Å²) in [5.41, 5.74) is 0.0216. The van der Waals surface area contributed by atoms with Crippen molar-refractivity contribution in [3.63, 3.8) is 0 Å². The summed E-state index contributed by atoms with van der Waals surface area (Å²) in [6.07, 6.45) is 2.93. The van der Waals surface area contributed by atoms with Crippen molar-refractivity contribution in [2.45, 2.75) is 18.0 Å². The normalized spacial score (nSPS) is 11.6. The number of nitrogens with zero attached hydrogens (tertiary/aromatic N) is 2. The molecule has 0 saturated heterocycles. The summed E-state index contributed by atoms with van der Waals surface area (Å²) in [5, 5.41) is 9.48. The van der Waals surface area contributed by atoms with E-state index in [-0.39, 0.29) is 28.6 Å². The summed E-state index contributed by atoms with van der Waals surface area (Å²) in [4.78, 5) is -0.152. The van der Waals surface area contributed by atoms with Gasteiger partial charge in [0.25, 0.3) is 0 Å². The van der Waals surface area contributed by atoms with Crippen LogP contribution in [0.25, 0.3) is 0 Å². The molecule has 0 saturated carbocycles. The van der Waals surface area contributed by atoms with Crippen molar-refractivity contribution < 1.29 is 17.3 Å². The number of hydrogen-bond acceptors (Lipinski definition) is 5. The van der Waals surface area contributed by atoms with Gasteiger partial charge in [-0.05, 0) is 42.5 Å². The highest BCUT2D eigenvalue weighted by Gasteiger charge is 2.29. The van der Waals surface area contributed by atoms with E-state index >= 15 is 0 Å².